The van der Waals surface area contributed by atoms with Crippen LogP contribution in [0.15, 0.2) is 18.2 Å². The van der Waals surface area contributed by atoms with Crippen molar-refractivity contribution in [2.75, 3.05) is 20.2 Å². The lowest BCUT2D eigenvalue weighted by molar-refractivity contribution is 0.0696. The molecule has 100 valence electrons. The van der Waals surface area contributed by atoms with Crippen LogP contribution in [-0.4, -0.2) is 36.2 Å². The summed E-state index contributed by atoms with van der Waals surface area (Å²) < 4.78 is 5.27. The molecule has 0 amide bonds. The summed E-state index contributed by atoms with van der Waals surface area (Å²) in [6, 6.07) is 5.02. The first kappa shape index (κ1) is 14.8. The molecule has 1 aromatic rings. The molecule has 0 atom stereocenters. The van der Waals surface area contributed by atoms with Crippen molar-refractivity contribution in [1.82, 2.24) is 4.90 Å². The van der Waals surface area contributed by atoms with Crippen molar-refractivity contribution in [2.45, 2.75) is 19.4 Å². The van der Waals surface area contributed by atoms with Gasteiger partial charge < -0.3 is 9.84 Å². The van der Waals surface area contributed by atoms with Gasteiger partial charge in [-0.25, -0.2) is 4.79 Å². The topological polar surface area (TPSA) is 49.8 Å². The smallest absolute Gasteiger partial charge is 0.335 e. The largest absolute Gasteiger partial charge is 0.496 e. The molecule has 2 rings (SSSR count). The highest BCUT2D eigenvalue weighted by atomic mass is 35.5. The summed E-state index contributed by atoms with van der Waals surface area (Å²) in [5, 5.41) is 8.98. The van der Waals surface area contributed by atoms with E-state index in [-0.39, 0.29) is 12.4 Å². The number of ether oxygens (including phenoxy) is 1. The average Bonchev–Trinajstić information content (AvgIpc) is 2.81. The number of hydrogen-bond acceptors (Lipinski definition) is 3. The van der Waals surface area contributed by atoms with Crippen LogP contribution in [0.2, 0.25) is 0 Å². The van der Waals surface area contributed by atoms with E-state index in [1.54, 1.807) is 25.3 Å². The van der Waals surface area contributed by atoms with Gasteiger partial charge in [0.15, 0.2) is 0 Å². The Hall–Kier alpha value is -1.26. The Kier molecular flexibility index (Phi) is 5.44. The summed E-state index contributed by atoms with van der Waals surface area (Å²) in [4.78, 5) is 13.3. The number of rotatable bonds is 4. The van der Waals surface area contributed by atoms with Gasteiger partial charge in [-0.1, -0.05) is 0 Å². The minimum Gasteiger partial charge on any atom is -0.496 e. The molecule has 0 bridgehead atoms. The maximum absolute atomic E-state index is 10.9. The van der Waals surface area contributed by atoms with Gasteiger partial charge in [-0.05, 0) is 44.1 Å². The monoisotopic (exact) mass is 271 g/mol. The number of aromatic carboxylic acids is 1. The Morgan fingerprint density at radius 2 is 2.06 bits per heavy atom. The van der Waals surface area contributed by atoms with E-state index >= 15 is 0 Å². The molecule has 1 aliphatic rings. The second kappa shape index (κ2) is 6.61. The minimum absolute atomic E-state index is 0. The zero-order valence-corrected chi connectivity index (χ0v) is 11.2. The van der Waals surface area contributed by atoms with Gasteiger partial charge >= 0.3 is 5.97 Å². The fourth-order valence-electron chi connectivity index (χ4n) is 2.22. The minimum atomic E-state index is -0.893. The van der Waals surface area contributed by atoms with E-state index in [4.69, 9.17) is 9.84 Å². The number of methoxy groups -OCH3 is 1. The zero-order valence-electron chi connectivity index (χ0n) is 10.4. The van der Waals surface area contributed by atoms with Gasteiger partial charge in [0.05, 0.1) is 12.7 Å². The number of carbonyl (C=O) groups is 1. The van der Waals surface area contributed by atoms with E-state index < -0.39 is 5.97 Å². The first-order valence-electron chi connectivity index (χ1n) is 5.83. The van der Waals surface area contributed by atoms with E-state index in [1.807, 2.05) is 0 Å². The maximum atomic E-state index is 10.9. The van der Waals surface area contributed by atoms with Gasteiger partial charge in [-0.15, -0.1) is 12.4 Å². The van der Waals surface area contributed by atoms with Crippen molar-refractivity contribution in [3.8, 4) is 5.75 Å². The van der Waals surface area contributed by atoms with E-state index in [2.05, 4.69) is 4.90 Å². The molecular weight excluding hydrogens is 254 g/mol. The molecule has 1 fully saturated rings. The molecule has 5 heteroatoms. The maximum Gasteiger partial charge on any atom is 0.335 e. The third-order valence-electron chi connectivity index (χ3n) is 3.12. The number of benzene rings is 1. The molecule has 0 aliphatic carbocycles. The molecule has 0 radical (unpaired) electrons. The molecule has 4 nitrogen and oxygen atoms in total. The van der Waals surface area contributed by atoms with Crippen LogP contribution in [0.3, 0.4) is 0 Å². The highest BCUT2D eigenvalue weighted by Crippen LogP contribution is 2.23. The Balaban J connectivity index is 0.00000162. The van der Waals surface area contributed by atoms with Gasteiger partial charge in [0, 0.05) is 12.1 Å². The van der Waals surface area contributed by atoms with Crippen LogP contribution in [0.5, 0.6) is 5.75 Å². The van der Waals surface area contributed by atoms with Crippen LogP contribution in [0.1, 0.15) is 28.8 Å². The summed E-state index contributed by atoms with van der Waals surface area (Å²) in [7, 11) is 1.61. The van der Waals surface area contributed by atoms with Gasteiger partial charge in [0.1, 0.15) is 5.75 Å². The van der Waals surface area contributed by atoms with Crippen molar-refractivity contribution < 1.29 is 14.6 Å². The summed E-state index contributed by atoms with van der Waals surface area (Å²) in [6.45, 7) is 2.94. The molecule has 1 N–H and O–H groups in total. The third kappa shape index (κ3) is 3.37. The third-order valence-corrected chi connectivity index (χ3v) is 3.12. The number of carboxylic acids is 1. The predicted molar refractivity (Wildman–Crippen MR) is 71.7 cm³/mol. The van der Waals surface area contributed by atoms with Crippen molar-refractivity contribution in [1.29, 1.82) is 0 Å². The molecule has 1 aliphatic heterocycles. The lowest BCUT2D eigenvalue weighted by Crippen LogP contribution is -2.19. The van der Waals surface area contributed by atoms with Crippen molar-refractivity contribution in [2.24, 2.45) is 0 Å². The highest BCUT2D eigenvalue weighted by Gasteiger charge is 2.15. The molecule has 1 aromatic carbocycles. The number of likely N-dealkylation sites (tertiary alicyclic amines) is 1. The van der Waals surface area contributed by atoms with Crippen LogP contribution in [0, 0.1) is 0 Å². The molecule has 1 heterocycles. The fraction of sp³-hybridized carbons (Fsp3) is 0.462. The quantitative estimate of drug-likeness (QED) is 0.914. The summed E-state index contributed by atoms with van der Waals surface area (Å²) in [5.41, 5.74) is 1.27. The molecule has 18 heavy (non-hydrogen) atoms. The van der Waals surface area contributed by atoms with Crippen LogP contribution >= 0.6 is 12.4 Å². The van der Waals surface area contributed by atoms with Gasteiger partial charge in [-0.2, -0.15) is 0 Å². The number of nitrogens with zero attached hydrogens (tertiary/aromatic N) is 1. The molecular formula is C13H18ClNO3. The summed E-state index contributed by atoms with van der Waals surface area (Å²) in [5.74, 6) is -0.128. The lowest BCUT2D eigenvalue weighted by Gasteiger charge is -2.17. The Bertz CT molecular complexity index is 417. The second-order valence-electron chi connectivity index (χ2n) is 4.32. The summed E-state index contributed by atoms with van der Waals surface area (Å²) >= 11 is 0. The highest BCUT2D eigenvalue weighted by molar-refractivity contribution is 5.88. The van der Waals surface area contributed by atoms with Crippen LogP contribution in [0.25, 0.3) is 0 Å². The van der Waals surface area contributed by atoms with E-state index in [1.165, 1.54) is 12.8 Å². The molecule has 0 saturated carbocycles. The normalized spacial score (nSPS) is 15.2. The van der Waals surface area contributed by atoms with Crippen molar-refractivity contribution in [3.05, 3.63) is 29.3 Å². The van der Waals surface area contributed by atoms with E-state index in [9.17, 15) is 4.79 Å². The van der Waals surface area contributed by atoms with Crippen molar-refractivity contribution in [3.63, 3.8) is 0 Å². The second-order valence-corrected chi connectivity index (χ2v) is 4.32. The Labute approximate surface area is 113 Å². The van der Waals surface area contributed by atoms with Gasteiger partial charge in [0.2, 0.25) is 0 Å². The van der Waals surface area contributed by atoms with Gasteiger partial charge in [0.25, 0.3) is 0 Å². The van der Waals surface area contributed by atoms with Crippen LogP contribution in [-0.2, 0) is 6.54 Å². The zero-order chi connectivity index (χ0) is 12.3. The van der Waals surface area contributed by atoms with Crippen LogP contribution in [0.4, 0.5) is 0 Å². The standard InChI is InChI=1S/C13H17NO3.ClH/c1-17-12-5-4-10(13(15)16)8-11(12)9-14-6-2-3-7-14;/h4-5,8H,2-3,6-7,9H2,1H3,(H,15,16);1H. The Morgan fingerprint density at radius 1 is 1.39 bits per heavy atom. The first-order chi connectivity index (χ1) is 8.20. The summed E-state index contributed by atoms with van der Waals surface area (Å²) in [6.07, 6.45) is 2.45. The molecule has 0 aromatic heterocycles. The van der Waals surface area contributed by atoms with Crippen molar-refractivity contribution >= 4 is 18.4 Å². The number of hydrogen-bond donors (Lipinski definition) is 1. The molecule has 0 spiro atoms. The molecule has 0 unspecified atom stereocenters. The number of carboxylic acid groups (broad SMARTS) is 1. The van der Waals surface area contributed by atoms with E-state index in [0.29, 0.717) is 5.56 Å². The fourth-order valence-corrected chi connectivity index (χ4v) is 2.22. The average molecular weight is 272 g/mol. The lowest BCUT2D eigenvalue weighted by atomic mass is 10.1. The SMILES string of the molecule is COc1ccc(C(=O)O)cc1CN1CCCC1.Cl. The van der Waals surface area contributed by atoms with E-state index in [0.717, 1.165) is 30.9 Å². The first-order valence-corrected chi connectivity index (χ1v) is 5.83. The van der Waals surface area contributed by atoms with Crippen LogP contribution < -0.4 is 4.74 Å². The number of halogens is 1. The molecule has 1 saturated heterocycles. The van der Waals surface area contributed by atoms with Gasteiger partial charge in [-0.3, -0.25) is 4.90 Å². The predicted octanol–water partition coefficient (Wildman–Crippen LogP) is 2.41. The Morgan fingerprint density at radius 3 is 2.61 bits per heavy atom.